The normalized spacial score (nSPS) is 14.4. The van der Waals surface area contributed by atoms with Gasteiger partial charge in [0, 0.05) is 31.5 Å². The molecule has 0 aromatic carbocycles. The Balaban J connectivity index is 0.000000638. The summed E-state index contributed by atoms with van der Waals surface area (Å²) in [4.78, 5) is 24.1. The molecule has 0 bridgehead atoms. The molecule has 0 aliphatic carbocycles. The number of anilines is 1. The quantitative estimate of drug-likeness (QED) is 0.556. The fourth-order valence-electron chi connectivity index (χ4n) is 3.92. The van der Waals surface area contributed by atoms with Crippen LogP contribution < -0.4 is 15.4 Å². The Labute approximate surface area is 200 Å². The minimum absolute atomic E-state index is 0.0921. The van der Waals surface area contributed by atoms with E-state index < -0.39 is 12.7 Å². The van der Waals surface area contributed by atoms with E-state index in [-0.39, 0.29) is 18.1 Å². The summed E-state index contributed by atoms with van der Waals surface area (Å²) in [5.41, 5.74) is 5.21. The zero-order valence-electron chi connectivity index (χ0n) is 19.9. The number of aromatic nitrogens is 6. The van der Waals surface area contributed by atoms with E-state index in [9.17, 15) is 13.2 Å². The lowest BCUT2D eigenvalue weighted by atomic mass is 10.2. The van der Waals surface area contributed by atoms with Crippen molar-refractivity contribution in [2.75, 3.05) is 24.6 Å². The molecular weight excluding hydrogens is 465 g/mol. The number of hydrogen-bond acceptors (Lipinski definition) is 7. The molecule has 1 saturated heterocycles. The smallest absolute Gasteiger partial charge is 0.408 e. The van der Waals surface area contributed by atoms with Crippen LogP contribution >= 0.6 is 0 Å². The zero-order valence-corrected chi connectivity index (χ0v) is 19.9. The summed E-state index contributed by atoms with van der Waals surface area (Å²) >= 11 is 0. The molecular formula is C22H29F3N8O2. The maximum absolute atomic E-state index is 12.9. The van der Waals surface area contributed by atoms with Crippen LogP contribution in [-0.4, -0.2) is 61.6 Å². The van der Waals surface area contributed by atoms with Crippen LogP contribution in [0.4, 0.5) is 19.0 Å². The first-order valence-electron chi connectivity index (χ1n) is 11.4. The molecule has 5 heterocycles. The van der Waals surface area contributed by atoms with Gasteiger partial charge in [0.1, 0.15) is 42.1 Å². The highest BCUT2D eigenvalue weighted by atomic mass is 19.4. The number of aryl methyl sites for hydroxylation is 1. The molecule has 2 N–H and O–H groups in total. The minimum Gasteiger partial charge on any atom is -0.491 e. The third kappa shape index (κ3) is 6.08. The lowest BCUT2D eigenvalue weighted by molar-refractivity contribution is -0.142. The number of halogens is 3. The maximum atomic E-state index is 12.9. The molecule has 0 radical (unpaired) electrons. The molecule has 13 heteroatoms. The number of rotatable bonds is 3. The van der Waals surface area contributed by atoms with Crippen molar-refractivity contribution in [2.24, 2.45) is 5.73 Å². The number of nitrogens with two attached hydrogens (primary N) is 1. The molecule has 10 nitrogen and oxygen atoms in total. The molecule has 2 aliphatic rings. The van der Waals surface area contributed by atoms with Crippen LogP contribution in [0, 0.1) is 6.92 Å². The molecule has 3 aromatic heterocycles. The molecule has 190 valence electrons. The highest BCUT2D eigenvalue weighted by molar-refractivity contribution is 5.69. The number of carbonyl (C=O) groups excluding carboxylic acids is 1. The van der Waals surface area contributed by atoms with Gasteiger partial charge in [-0.15, -0.1) is 0 Å². The van der Waals surface area contributed by atoms with Gasteiger partial charge < -0.3 is 19.9 Å². The first-order valence-corrected chi connectivity index (χ1v) is 11.4. The van der Waals surface area contributed by atoms with Crippen LogP contribution in [0.2, 0.25) is 0 Å². The number of ether oxygens (including phenoxy) is 1. The molecule has 0 atom stereocenters. The van der Waals surface area contributed by atoms with Gasteiger partial charge in [0.25, 0.3) is 0 Å². The number of nitrogens with zero attached hydrogens (tertiary/aromatic N) is 7. The second-order valence-electron chi connectivity index (χ2n) is 7.62. The van der Waals surface area contributed by atoms with E-state index in [4.69, 9.17) is 9.53 Å². The predicted molar refractivity (Wildman–Crippen MR) is 124 cm³/mol. The van der Waals surface area contributed by atoms with Gasteiger partial charge in [-0.25, -0.2) is 19.6 Å². The van der Waals surface area contributed by atoms with Crippen molar-refractivity contribution in [3.63, 3.8) is 0 Å². The van der Waals surface area contributed by atoms with E-state index in [0.717, 1.165) is 36.4 Å². The summed E-state index contributed by atoms with van der Waals surface area (Å²) in [6.07, 6.45) is 1.56. The largest absolute Gasteiger partial charge is 0.491 e. The van der Waals surface area contributed by atoms with E-state index in [1.165, 1.54) is 0 Å². The maximum Gasteiger partial charge on any atom is 0.408 e. The Morgan fingerprint density at radius 3 is 2.49 bits per heavy atom. The Morgan fingerprint density at radius 2 is 1.83 bits per heavy atom. The van der Waals surface area contributed by atoms with Gasteiger partial charge in [0.15, 0.2) is 5.82 Å². The van der Waals surface area contributed by atoms with Gasteiger partial charge in [-0.05, 0) is 19.8 Å². The molecule has 1 fully saturated rings. The number of primary amides is 1. The van der Waals surface area contributed by atoms with Gasteiger partial charge in [-0.2, -0.15) is 18.3 Å². The Kier molecular flexibility index (Phi) is 8.30. The van der Waals surface area contributed by atoms with Crippen LogP contribution in [0.1, 0.15) is 32.5 Å². The number of hydrogen-bond donors (Lipinski definition) is 1. The molecule has 0 unspecified atom stereocenters. The second kappa shape index (κ2) is 11.2. The Hall–Kier alpha value is -3.64. The molecule has 2 aliphatic heterocycles. The molecule has 1 amide bonds. The Morgan fingerprint density at radius 1 is 1.14 bits per heavy atom. The predicted octanol–water partition coefficient (Wildman–Crippen LogP) is 3.19. The third-order valence-corrected chi connectivity index (χ3v) is 5.22. The van der Waals surface area contributed by atoms with Gasteiger partial charge in [-0.3, -0.25) is 4.79 Å². The van der Waals surface area contributed by atoms with Crippen LogP contribution in [0.25, 0.3) is 22.9 Å². The number of alkyl halides is 3. The average molecular weight is 495 g/mol. The lowest BCUT2D eigenvalue weighted by Gasteiger charge is -2.17. The number of amides is 1. The van der Waals surface area contributed by atoms with E-state index in [1.54, 1.807) is 19.3 Å². The first-order chi connectivity index (χ1) is 16.8. The minimum atomic E-state index is -4.40. The van der Waals surface area contributed by atoms with Gasteiger partial charge >= 0.3 is 6.18 Å². The Bertz CT molecular complexity index is 1140. The van der Waals surface area contributed by atoms with Crippen molar-refractivity contribution in [2.45, 2.75) is 52.9 Å². The lowest BCUT2D eigenvalue weighted by Crippen LogP contribution is -2.19. The van der Waals surface area contributed by atoms with E-state index in [1.807, 2.05) is 24.5 Å². The second-order valence-corrected chi connectivity index (χ2v) is 7.62. The molecule has 35 heavy (non-hydrogen) atoms. The van der Waals surface area contributed by atoms with Crippen LogP contribution in [0.3, 0.4) is 0 Å². The van der Waals surface area contributed by atoms with Crippen molar-refractivity contribution >= 4 is 12.2 Å². The van der Waals surface area contributed by atoms with Crippen LogP contribution in [0.5, 0.6) is 5.75 Å². The fraction of sp³-hybridized carbons (Fsp3) is 0.500. The molecule has 3 aromatic rings. The summed E-state index contributed by atoms with van der Waals surface area (Å²) in [6, 6.07) is 1.92. The van der Waals surface area contributed by atoms with Crippen molar-refractivity contribution in [3.05, 3.63) is 24.3 Å². The summed E-state index contributed by atoms with van der Waals surface area (Å²) in [7, 11) is 0. The summed E-state index contributed by atoms with van der Waals surface area (Å²) in [5.74, 6) is 2.49. The van der Waals surface area contributed by atoms with Gasteiger partial charge in [0.2, 0.25) is 6.41 Å². The number of imidazole rings is 1. The molecule has 5 rings (SSSR count). The molecule has 0 saturated carbocycles. The van der Waals surface area contributed by atoms with Crippen molar-refractivity contribution in [3.8, 4) is 28.7 Å². The summed E-state index contributed by atoms with van der Waals surface area (Å²) in [6.45, 7) is 7.23. The monoisotopic (exact) mass is 494 g/mol. The standard InChI is InChI=1S/C19H20F3N7O.C2H6.CH3NO/c1-12-24-18(29(26-12)11-19(20,21)22)14-10-28-6-7-30-15-8-16(27-4-2-3-5-27)23-9-13(15)17(28)25-14;1-2;2-1-3/h8-10H,2-7,11H2,1H3;1-2H3;1H,(H2,2,3). The van der Waals surface area contributed by atoms with Crippen molar-refractivity contribution < 1.29 is 22.7 Å². The summed E-state index contributed by atoms with van der Waals surface area (Å²) < 4.78 is 47.5. The van der Waals surface area contributed by atoms with Crippen molar-refractivity contribution in [1.29, 1.82) is 0 Å². The highest BCUT2D eigenvalue weighted by Crippen LogP contribution is 2.36. The van der Waals surface area contributed by atoms with E-state index >= 15 is 0 Å². The molecule has 0 spiro atoms. The van der Waals surface area contributed by atoms with E-state index in [0.29, 0.717) is 36.0 Å². The van der Waals surface area contributed by atoms with Crippen LogP contribution in [-0.2, 0) is 17.9 Å². The number of pyridine rings is 1. The van der Waals surface area contributed by atoms with E-state index in [2.05, 4.69) is 30.7 Å². The SMILES string of the molecule is CC.Cc1nc(-c2cn3c(n2)-c2cnc(N4CCCC4)cc2OCC3)n(CC(F)(F)F)n1.NC=O. The van der Waals surface area contributed by atoms with Gasteiger partial charge in [0.05, 0.1) is 12.1 Å². The highest BCUT2D eigenvalue weighted by Gasteiger charge is 2.31. The van der Waals surface area contributed by atoms with Crippen LogP contribution in [0.15, 0.2) is 18.5 Å². The third-order valence-electron chi connectivity index (χ3n) is 5.22. The van der Waals surface area contributed by atoms with Gasteiger partial charge in [-0.1, -0.05) is 13.8 Å². The topological polar surface area (TPSA) is 117 Å². The van der Waals surface area contributed by atoms with Crippen molar-refractivity contribution in [1.82, 2.24) is 29.3 Å². The zero-order chi connectivity index (χ0) is 25.6. The summed E-state index contributed by atoms with van der Waals surface area (Å²) in [5, 5.41) is 3.89. The number of fused-ring (bicyclic) bond motifs is 3. The average Bonchev–Trinajstić information content (AvgIpc) is 3.53. The first kappa shape index (κ1) is 26.0. The number of carbonyl (C=O) groups is 1. The fourth-order valence-corrected chi connectivity index (χ4v) is 3.92.